The summed E-state index contributed by atoms with van der Waals surface area (Å²) < 4.78 is 11.0. The van der Waals surface area contributed by atoms with Crippen molar-refractivity contribution in [2.45, 2.75) is 0 Å². The molecule has 0 bridgehead atoms. The van der Waals surface area contributed by atoms with Gasteiger partial charge in [0.1, 0.15) is 11.3 Å². The second-order valence-corrected chi connectivity index (χ2v) is 6.83. The maximum atomic E-state index is 12.7. The number of para-hydroxylation sites is 2. The lowest BCUT2D eigenvalue weighted by molar-refractivity contribution is 0.102. The quantitative estimate of drug-likeness (QED) is 0.442. The van der Waals surface area contributed by atoms with Crippen LogP contribution in [0.25, 0.3) is 22.6 Å². The van der Waals surface area contributed by atoms with Gasteiger partial charge in [0.15, 0.2) is 5.58 Å². The van der Waals surface area contributed by atoms with E-state index >= 15 is 0 Å². The molecule has 0 unspecified atom stereocenters. The van der Waals surface area contributed by atoms with Crippen molar-refractivity contribution >= 4 is 45.9 Å². The van der Waals surface area contributed by atoms with E-state index in [0.717, 1.165) is 11.1 Å². The molecule has 0 radical (unpaired) electrons. The Kier molecular flexibility index (Phi) is 4.94. The SMILES string of the molecule is COc1c(Cl)cc(Cl)cc1C(=O)Nc1cccc(-c2nc3ccccc3o2)c1. The molecule has 0 aliphatic rings. The van der Waals surface area contributed by atoms with Crippen molar-refractivity contribution in [3.05, 3.63) is 76.3 Å². The first-order valence-corrected chi connectivity index (χ1v) is 9.11. The first-order valence-electron chi connectivity index (χ1n) is 8.35. The Morgan fingerprint density at radius 1 is 1.07 bits per heavy atom. The van der Waals surface area contributed by atoms with Gasteiger partial charge in [-0.15, -0.1) is 0 Å². The Morgan fingerprint density at radius 2 is 1.89 bits per heavy atom. The van der Waals surface area contributed by atoms with Gasteiger partial charge >= 0.3 is 0 Å². The molecule has 0 fully saturated rings. The molecule has 0 atom stereocenters. The molecule has 1 N–H and O–H groups in total. The van der Waals surface area contributed by atoms with Gasteiger partial charge in [0.25, 0.3) is 5.91 Å². The van der Waals surface area contributed by atoms with Crippen LogP contribution in [0.4, 0.5) is 5.69 Å². The number of hydrogen-bond donors (Lipinski definition) is 1. The fraction of sp³-hybridized carbons (Fsp3) is 0.0476. The fourth-order valence-corrected chi connectivity index (χ4v) is 3.43. The minimum atomic E-state index is -0.393. The number of nitrogens with one attached hydrogen (secondary N) is 1. The highest BCUT2D eigenvalue weighted by Gasteiger charge is 2.17. The third-order valence-corrected chi connectivity index (χ3v) is 4.62. The lowest BCUT2D eigenvalue weighted by Gasteiger charge is -2.12. The molecule has 7 heteroatoms. The topological polar surface area (TPSA) is 64.4 Å². The molecule has 28 heavy (non-hydrogen) atoms. The summed E-state index contributed by atoms with van der Waals surface area (Å²) in [5.74, 6) is 0.343. The van der Waals surface area contributed by atoms with E-state index in [-0.39, 0.29) is 16.3 Å². The van der Waals surface area contributed by atoms with Crippen LogP contribution in [-0.2, 0) is 0 Å². The summed E-state index contributed by atoms with van der Waals surface area (Å²) in [4.78, 5) is 17.2. The van der Waals surface area contributed by atoms with Crippen LogP contribution in [0.15, 0.2) is 65.1 Å². The van der Waals surface area contributed by atoms with Crippen LogP contribution in [0.1, 0.15) is 10.4 Å². The number of fused-ring (bicyclic) bond motifs is 1. The van der Waals surface area contributed by atoms with Crippen molar-refractivity contribution in [1.82, 2.24) is 4.98 Å². The predicted molar refractivity (Wildman–Crippen MR) is 110 cm³/mol. The summed E-state index contributed by atoms with van der Waals surface area (Å²) in [6.45, 7) is 0. The number of hydrogen-bond acceptors (Lipinski definition) is 4. The van der Waals surface area contributed by atoms with Gasteiger partial charge in [-0.1, -0.05) is 41.4 Å². The van der Waals surface area contributed by atoms with Crippen LogP contribution in [0.5, 0.6) is 5.75 Å². The molecule has 0 saturated carbocycles. The van der Waals surface area contributed by atoms with Gasteiger partial charge < -0.3 is 14.5 Å². The van der Waals surface area contributed by atoms with Crippen molar-refractivity contribution in [3.63, 3.8) is 0 Å². The van der Waals surface area contributed by atoms with E-state index < -0.39 is 5.91 Å². The zero-order chi connectivity index (χ0) is 19.7. The standard InChI is InChI=1S/C21H14Cl2N2O3/c1-27-19-15(10-13(22)11-16(19)23)20(26)24-14-6-4-5-12(9-14)21-25-17-7-2-3-8-18(17)28-21/h2-11H,1H3,(H,24,26). The summed E-state index contributed by atoms with van der Waals surface area (Å²) in [6, 6.07) is 17.8. The summed E-state index contributed by atoms with van der Waals surface area (Å²) >= 11 is 12.1. The number of nitrogens with zero attached hydrogens (tertiary/aromatic N) is 1. The zero-order valence-electron chi connectivity index (χ0n) is 14.7. The Labute approximate surface area is 170 Å². The molecule has 1 aromatic heterocycles. The Balaban J connectivity index is 1.64. The summed E-state index contributed by atoms with van der Waals surface area (Å²) in [5, 5.41) is 3.43. The number of oxazole rings is 1. The molecule has 1 heterocycles. The molecule has 5 nitrogen and oxygen atoms in total. The van der Waals surface area contributed by atoms with Crippen LogP contribution in [0, 0.1) is 0 Å². The first kappa shape index (κ1) is 18.3. The lowest BCUT2D eigenvalue weighted by atomic mass is 10.1. The van der Waals surface area contributed by atoms with Crippen LogP contribution in [-0.4, -0.2) is 18.0 Å². The molecule has 1 amide bonds. The van der Waals surface area contributed by atoms with E-state index in [2.05, 4.69) is 10.3 Å². The number of aromatic nitrogens is 1. The van der Waals surface area contributed by atoms with Gasteiger partial charge in [0, 0.05) is 16.3 Å². The highest BCUT2D eigenvalue weighted by molar-refractivity contribution is 6.36. The van der Waals surface area contributed by atoms with Gasteiger partial charge in [-0.25, -0.2) is 4.98 Å². The predicted octanol–water partition coefficient (Wildman–Crippen LogP) is 6.06. The molecule has 0 aliphatic heterocycles. The maximum Gasteiger partial charge on any atom is 0.259 e. The van der Waals surface area contributed by atoms with Crippen LogP contribution < -0.4 is 10.1 Å². The lowest BCUT2D eigenvalue weighted by Crippen LogP contribution is -2.13. The van der Waals surface area contributed by atoms with Gasteiger partial charge in [-0.3, -0.25) is 4.79 Å². The fourth-order valence-electron chi connectivity index (χ4n) is 2.86. The van der Waals surface area contributed by atoms with Gasteiger partial charge in [-0.2, -0.15) is 0 Å². The Bertz CT molecular complexity index is 1150. The van der Waals surface area contributed by atoms with E-state index in [1.807, 2.05) is 36.4 Å². The number of carbonyl (C=O) groups is 1. The van der Waals surface area contributed by atoms with Gasteiger partial charge in [0.05, 0.1) is 17.7 Å². The Hall–Kier alpha value is -3.02. The van der Waals surface area contributed by atoms with Crippen molar-refractivity contribution < 1.29 is 13.9 Å². The first-order chi connectivity index (χ1) is 13.5. The van der Waals surface area contributed by atoms with Crippen molar-refractivity contribution in [1.29, 1.82) is 0 Å². The highest BCUT2D eigenvalue weighted by atomic mass is 35.5. The summed E-state index contributed by atoms with van der Waals surface area (Å²) in [6.07, 6.45) is 0. The van der Waals surface area contributed by atoms with Crippen LogP contribution in [0.2, 0.25) is 10.0 Å². The van der Waals surface area contributed by atoms with E-state index in [1.165, 1.54) is 19.2 Å². The van der Waals surface area contributed by atoms with E-state index in [9.17, 15) is 4.79 Å². The molecular weight excluding hydrogens is 399 g/mol. The third-order valence-electron chi connectivity index (χ3n) is 4.12. The number of methoxy groups -OCH3 is 1. The average molecular weight is 413 g/mol. The zero-order valence-corrected chi connectivity index (χ0v) is 16.2. The second kappa shape index (κ2) is 7.54. The van der Waals surface area contributed by atoms with Crippen molar-refractivity contribution in [2.24, 2.45) is 0 Å². The number of rotatable bonds is 4. The van der Waals surface area contributed by atoms with E-state index in [0.29, 0.717) is 22.2 Å². The van der Waals surface area contributed by atoms with Crippen LogP contribution in [0.3, 0.4) is 0 Å². The number of benzene rings is 3. The molecule has 0 saturated heterocycles. The molecule has 0 spiro atoms. The highest BCUT2D eigenvalue weighted by Crippen LogP contribution is 2.33. The Morgan fingerprint density at radius 3 is 2.68 bits per heavy atom. The molecule has 4 aromatic rings. The summed E-state index contributed by atoms with van der Waals surface area (Å²) in [7, 11) is 1.44. The third kappa shape index (κ3) is 3.54. The minimum Gasteiger partial charge on any atom is -0.494 e. The van der Waals surface area contributed by atoms with E-state index in [4.69, 9.17) is 32.4 Å². The number of carbonyl (C=O) groups excluding carboxylic acids is 1. The van der Waals surface area contributed by atoms with Crippen molar-refractivity contribution in [2.75, 3.05) is 12.4 Å². The van der Waals surface area contributed by atoms with E-state index in [1.54, 1.807) is 12.1 Å². The largest absolute Gasteiger partial charge is 0.494 e. The summed E-state index contributed by atoms with van der Waals surface area (Å²) in [5.41, 5.74) is 3.02. The number of ether oxygens (including phenoxy) is 1. The molecule has 4 rings (SSSR count). The molecule has 140 valence electrons. The number of amides is 1. The van der Waals surface area contributed by atoms with Crippen LogP contribution >= 0.6 is 23.2 Å². The van der Waals surface area contributed by atoms with Gasteiger partial charge in [0.2, 0.25) is 5.89 Å². The molecule has 3 aromatic carbocycles. The normalized spacial score (nSPS) is 10.8. The molecular formula is C21H14Cl2N2O3. The monoisotopic (exact) mass is 412 g/mol. The molecule has 0 aliphatic carbocycles. The van der Waals surface area contributed by atoms with Gasteiger partial charge in [-0.05, 0) is 42.5 Å². The number of halogens is 2. The number of anilines is 1. The minimum absolute atomic E-state index is 0.243. The smallest absolute Gasteiger partial charge is 0.259 e. The maximum absolute atomic E-state index is 12.7. The second-order valence-electron chi connectivity index (χ2n) is 5.99. The average Bonchev–Trinajstić information content (AvgIpc) is 3.12. The van der Waals surface area contributed by atoms with Crippen molar-refractivity contribution in [3.8, 4) is 17.2 Å².